The number of rotatable bonds is 3. The van der Waals surface area contributed by atoms with Gasteiger partial charge in [-0.05, 0) is 85.4 Å². The SMILES string of the molecule is c1ccc(-c2ccc3c(c2)c2ccccc2c2ccc(-c4ccc(-c5cccc6sc7ccccc7c56)[nH]4)cc23)cc1. The molecule has 0 saturated heterocycles. The Morgan fingerprint density at radius 1 is 0.357 bits per heavy atom. The second-order valence-corrected chi connectivity index (χ2v) is 12.1. The van der Waals surface area contributed by atoms with Crippen LogP contribution in [0.2, 0.25) is 0 Å². The minimum absolute atomic E-state index is 1.13. The molecule has 9 aromatic rings. The zero-order valence-corrected chi connectivity index (χ0v) is 23.6. The summed E-state index contributed by atoms with van der Waals surface area (Å²) in [5.74, 6) is 0. The topological polar surface area (TPSA) is 15.8 Å². The van der Waals surface area contributed by atoms with E-state index in [9.17, 15) is 0 Å². The highest BCUT2D eigenvalue weighted by molar-refractivity contribution is 7.25. The predicted octanol–water partition coefficient (Wildman–Crippen LogP) is 11.8. The largest absolute Gasteiger partial charge is 0.355 e. The van der Waals surface area contributed by atoms with E-state index < -0.39 is 0 Å². The highest BCUT2D eigenvalue weighted by Gasteiger charge is 2.14. The highest BCUT2D eigenvalue weighted by atomic mass is 32.1. The minimum Gasteiger partial charge on any atom is -0.355 e. The molecule has 0 spiro atoms. The molecule has 42 heavy (non-hydrogen) atoms. The van der Waals surface area contributed by atoms with Gasteiger partial charge in [-0.2, -0.15) is 0 Å². The molecule has 2 heterocycles. The third-order valence-corrected chi connectivity index (χ3v) is 9.77. The van der Waals surface area contributed by atoms with Gasteiger partial charge in [0.2, 0.25) is 0 Å². The van der Waals surface area contributed by atoms with E-state index in [0.29, 0.717) is 0 Å². The van der Waals surface area contributed by atoms with Gasteiger partial charge in [0.1, 0.15) is 0 Å². The summed E-state index contributed by atoms with van der Waals surface area (Å²) in [6.45, 7) is 0. The van der Waals surface area contributed by atoms with E-state index in [1.807, 2.05) is 11.3 Å². The van der Waals surface area contributed by atoms with Gasteiger partial charge >= 0.3 is 0 Å². The minimum atomic E-state index is 1.13. The van der Waals surface area contributed by atoms with Crippen LogP contribution in [0.3, 0.4) is 0 Å². The Bertz CT molecular complexity index is 2460. The fraction of sp³-hybridized carbons (Fsp3) is 0. The summed E-state index contributed by atoms with van der Waals surface area (Å²) in [4.78, 5) is 3.78. The molecule has 0 saturated carbocycles. The van der Waals surface area contributed by atoms with Crippen LogP contribution in [0.25, 0.3) is 86.1 Å². The van der Waals surface area contributed by atoms with Crippen LogP contribution in [0, 0.1) is 0 Å². The molecule has 196 valence electrons. The first kappa shape index (κ1) is 23.5. The van der Waals surface area contributed by atoms with Crippen LogP contribution in [0.1, 0.15) is 0 Å². The molecule has 0 unspecified atom stereocenters. The van der Waals surface area contributed by atoms with Crippen LogP contribution >= 0.6 is 11.3 Å². The first-order valence-corrected chi connectivity index (χ1v) is 15.2. The van der Waals surface area contributed by atoms with Gasteiger partial charge in [-0.15, -0.1) is 11.3 Å². The molecule has 0 radical (unpaired) electrons. The predicted molar refractivity (Wildman–Crippen MR) is 183 cm³/mol. The third kappa shape index (κ3) is 3.56. The van der Waals surface area contributed by atoms with Gasteiger partial charge in [0.15, 0.2) is 0 Å². The van der Waals surface area contributed by atoms with E-state index in [4.69, 9.17) is 0 Å². The number of fused-ring (bicyclic) bond motifs is 9. The molecule has 0 aliphatic carbocycles. The summed E-state index contributed by atoms with van der Waals surface area (Å²) in [5, 5.41) is 10.4. The average Bonchev–Trinajstić information content (AvgIpc) is 3.70. The molecule has 1 nitrogen and oxygen atoms in total. The number of H-pyrrole nitrogens is 1. The third-order valence-electron chi connectivity index (χ3n) is 8.63. The summed E-state index contributed by atoms with van der Waals surface area (Å²) in [6.07, 6.45) is 0. The van der Waals surface area contributed by atoms with Crippen molar-refractivity contribution in [1.82, 2.24) is 4.98 Å². The summed E-state index contributed by atoms with van der Waals surface area (Å²) >= 11 is 1.86. The van der Waals surface area contributed by atoms with Crippen molar-refractivity contribution < 1.29 is 0 Å². The average molecular weight is 552 g/mol. The van der Waals surface area contributed by atoms with Crippen LogP contribution in [0.5, 0.6) is 0 Å². The number of thiophene rings is 1. The van der Waals surface area contributed by atoms with Crippen LogP contribution < -0.4 is 0 Å². The quantitative estimate of drug-likeness (QED) is 0.210. The molecule has 0 atom stereocenters. The van der Waals surface area contributed by atoms with Gasteiger partial charge in [0.05, 0.1) is 0 Å². The maximum atomic E-state index is 3.78. The monoisotopic (exact) mass is 551 g/mol. The highest BCUT2D eigenvalue weighted by Crippen LogP contribution is 2.41. The molecular formula is C40H25NS. The van der Waals surface area contributed by atoms with E-state index in [1.54, 1.807) is 0 Å². The van der Waals surface area contributed by atoms with Crippen LogP contribution in [-0.2, 0) is 0 Å². The van der Waals surface area contributed by atoms with Crippen LogP contribution in [0.15, 0.2) is 146 Å². The molecular weight excluding hydrogens is 527 g/mol. The van der Waals surface area contributed by atoms with Gasteiger partial charge in [0, 0.05) is 37.1 Å². The number of benzene rings is 7. The smallest absolute Gasteiger partial charge is 0.0465 e. The Hall–Kier alpha value is -5.18. The molecule has 0 amide bonds. The molecule has 0 fully saturated rings. The van der Waals surface area contributed by atoms with Gasteiger partial charge in [-0.3, -0.25) is 0 Å². The summed E-state index contributed by atoms with van der Waals surface area (Å²) in [5.41, 5.74) is 7.21. The summed E-state index contributed by atoms with van der Waals surface area (Å²) in [7, 11) is 0. The van der Waals surface area contributed by atoms with Crippen molar-refractivity contribution in [3.63, 3.8) is 0 Å². The zero-order valence-electron chi connectivity index (χ0n) is 22.8. The second-order valence-electron chi connectivity index (χ2n) is 11.0. The van der Waals surface area contributed by atoms with Crippen LogP contribution in [-0.4, -0.2) is 4.98 Å². The summed E-state index contributed by atoms with van der Waals surface area (Å²) < 4.78 is 2.65. The summed E-state index contributed by atoms with van der Waals surface area (Å²) in [6, 6.07) is 53.1. The standard InChI is InChI=1S/C40H25NS/c1-2-9-25(10-3-1)26-17-19-31-34(23-26)29-12-5-4-11-28(29)30-20-18-27(24-35(30)31)36-21-22-37(41-36)32-14-8-16-39-40(32)33-13-6-7-15-38(33)42-39/h1-24,41H. The van der Waals surface area contributed by atoms with Crippen molar-refractivity contribution in [1.29, 1.82) is 0 Å². The first-order chi connectivity index (χ1) is 20.8. The molecule has 0 aliphatic heterocycles. The molecule has 0 bridgehead atoms. The van der Waals surface area contributed by atoms with Gasteiger partial charge < -0.3 is 4.98 Å². The lowest BCUT2D eigenvalue weighted by atomic mass is 9.91. The van der Waals surface area contributed by atoms with E-state index in [1.165, 1.54) is 74.7 Å². The van der Waals surface area contributed by atoms with Crippen molar-refractivity contribution in [2.24, 2.45) is 0 Å². The van der Waals surface area contributed by atoms with E-state index >= 15 is 0 Å². The van der Waals surface area contributed by atoms with Crippen LogP contribution in [0.4, 0.5) is 0 Å². The number of nitrogens with one attached hydrogen (secondary N) is 1. The first-order valence-electron chi connectivity index (χ1n) is 14.4. The zero-order chi connectivity index (χ0) is 27.6. The number of aromatic nitrogens is 1. The van der Waals surface area contributed by atoms with Crippen molar-refractivity contribution >= 4 is 63.8 Å². The van der Waals surface area contributed by atoms with Gasteiger partial charge in [-0.1, -0.05) is 109 Å². The Labute approximate surface area is 247 Å². The molecule has 7 aromatic carbocycles. The number of hydrogen-bond donors (Lipinski definition) is 1. The van der Waals surface area contributed by atoms with Crippen molar-refractivity contribution in [2.45, 2.75) is 0 Å². The molecule has 1 N–H and O–H groups in total. The molecule has 2 heteroatoms. The van der Waals surface area contributed by atoms with Crippen molar-refractivity contribution in [3.05, 3.63) is 146 Å². The van der Waals surface area contributed by atoms with E-state index in [2.05, 4.69) is 151 Å². The van der Waals surface area contributed by atoms with E-state index in [-0.39, 0.29) is 0 Å². The Morgan fingerprint density at radius 3 is 1.79 bits per heavy atom. The maximum absolute atomic E-state index is 3.78. The van der Waals surface area contributed by atoms with Gasteiger partial charge in [-0.25, -0.2) is 0 Å². The number of hydrogen-bond acceptors (Lipinski definition) is 1. The number of aromatic amines is 1. The lowest BCUT2D eigenvalue weighted by Crippen LogP contribution is -1.87. The second kappa shape index (κ2) is 9.17. The maximum Gasteiger partial charge on any atom is 0.0465 e. The Morgan fingerprint density at radius 2 is 0.952 bits per heavy atom. The van der Waals surface area contributed by atoms with Crippen molar-refractivity contribution in [2.75, 3.05) is 0 Å². The van der Waals surface area contributed by atoms with Crippen molar-refractivity contribution in [3.8, 4) is 33.6 Å². The molecule has 0 aliphatic rings. The van der Waals surface area contributed by atoms with E-state index in [0.717, 1.165) is 11.4 Å². The fourth-order valence-electron chi connectivity index (χ4n) is 6.65. The molecule has 9 rings (SSSR count). The Kier molecular flexibility index (Phi) is 5.13. The van der Waals surface area contributed by atoms with Gasteiger partial charge in [0.25, 0.3) is 0 Å². The Balaban J connectivity index is 1.23. The fourth-order valence-corrected chi connectivity index (χ4v) is 7.79. The normalized spacial score (nSPS) is 11.8. The lowest BCUT2D eigenvalue weighted by Gasteiger charge is -2.13. The molecule has 2 aromatic heterocycles. The lowest BCUT2D eigenvalue weighted by molar-refractivity contribution is 1.40.